The summed E-state index contributed by atoms with van der Waals surface area (Å²) < 4.78 is 32.0. The summed E-state index contributed by atoms with van der Waals surface area (Å²) in [4.78, 5) is 29.0. The summed E-state index contributed by atoms with van der Waals surface area (Å²) in [6.45, 7) is -0.351. The minimum atomic E-state index is -2.63. The number of carbonyl (C=O) groups is 2. The molecule has 2 aromatic carbocycles. The molecular weight excluding hydrogens is 422 g/mol. The van der Waals surface area contributed by atoms with E-state index in [0.717, 1.165) is 0 Å². The molecule has 170 valence electrons. The van der Waals surface area contributed by atoms with E-state index in [1.54, 1.807) is 18.2 Å². The van der Waals surface area contributed by atoms with Gasteiger partial charge in [-0.05, 0) is 30.2 Å². The van der Waals surface area contributed by atoms with Gasteiger partial charge in [0.05, 0.1) is 6.61 Å². The maximum Gasteiger partial charge on any atom is 0.271 e. The molecule has 3 rings (SSSR count). The Kier molecular flexibility index (Phi) is 7.04. The van der Waals surface area contributed by atoms with Crippen LogP contribution in [-0.4, -0.2) is 48.4 Å². The Morgan fingerprint density at radius 2 is 2.09 bits per heavy atom. The van der Waals surface area contributed by atoms with Crippen molar-refractivity contribution < 1.29 is 28.2 Å². The highest BCUT2D eigenvalue weighted by atomic mass is 19.3. The number of hydrogen-bond donors (Lipinski definition) is 4. The number of carbonyl (C=O) groups excluding carboxylic acids is 2. The lowest BCUT2D eigenvalue weighted by atomic mass is 9.97. The van der Waals surface area contributed by atoms with Gasteiger partial charge in [0.2, 0.25) is 5.91 Å². The number of amides is 2. The molecule has 2 amide bonds. The summed E-state index contributed by atoms with van der Waals surface area (Å²) in [6, 6.07) is 10.6. The van der Waals surface area contributed by atoms with E-state index in [1.807, 2.05) is 0 Å². The zero-order valence-corrected chi connectivity index (χ0v) is 17.4. The van der Waals surface area contributed by atoms with Crippen LogP contribution in [0.4, 0.5) is 14.5 Å². The minimum Gasteiger partial charge on any atom is -0.489 e. The number of alkyl halides is 2. The molecular formula is C22H24F2N4O4. The van der Waals surface area contributed by atoms with E-state index in [2.05, 4.69) is 15.6 Å². The SMILES string of the molecule is CN=C(C(=O)NC1(CO)CCNC1=O)c1cc(OCc2ccccc2C(F)F)ccc1N. The first-order valence-corrected chi connectivity index (χ1v) is 9.88. The van der Waals surface area contributed by atoms with Crippen LogP contribution in [0.15, 0.2) is 47.5 Å². The number of aliphatic hydroxyl groups excluding tert-OH is 1. The molecule has 0 aliphatic carbocycles. The third-order valence-corrected chi connectivity index (χ3v) is 5.30. The van der Waals surface area contributed by atoms with E-state index in [0.29, 0.717) is 17.9 Å². The monoisotopic (exact) mass is 446 g/mol. The maximum absolute atomic E-state index is 13.2. The number of aliphatic hydroxyl groups is 1. The summed E-state index contributed by atoms with van der Waals surface area (Å²) in [7, 11) is 1.39. The van der Waals surface area contributed by atoms with Crippen molar-refractivity contribution in [2.45, 2.75) is 25.0 Å². The number of halogens is 2. The quantitative estimate of drug-likeness (QED) is 0.362. The maximum atomic E-state index is 13.2. The number of nitrogen functional groups attached to an aromatic ring is 1. The van der Waals surface area contributed by atoms with Crippen molar-refractivity contribution in [1.29, 1.82) is 0 Å². The standard InChI is InChI=1S/C22H24F2N4O4/c1-26-18(20(30)28-22(12-29)8-9-27-21(22)31)16-10-14(6-7-17(16)25)32-11-13-4-2-3-5-15(13)19(23)24/h2-7,10,19,29H,8-9,11-12,25H2,1H3,(H,27,31)(H,28,30). The third kappa shape index (κ3) is 4.70. The van der Waals surface area contributed by atoms with Crippen molar-refractivity contribution in [2.75, 3.05) is 25.9 Å². The first-order valence-electron chi connectivity index (χ1n) is 9.88. The van der Waals surface area contributed by atoms with Crippen LogP contribution in [0.5, 0.6) is 5.75 Å². The summed E-state index contributed by atoms with van der Waals surface area (Å²) in [6.07, 6.45) is -2.40. The topological polar surface area (TPSA) is 126 Å². The van der Waals surface area contributed by atoms with Gasteiger partial charge >= 0.3 is 0 Å². The van der Waals surface area contributed by atoms with Gasteiger partial charge in [0, 0.05) is 30.4 Å². The molecule has 0 saturated carbocycles. The molecule has 0 spiro atoms. The van der Waals surface area contributed by atoms with E-state index in [-0.39, 0.29) is 35.6 Å². The van der Waals surface area contributed by atoms with Gasteiger partial charge in [0.1, 0.15) is 23.6 Å². The Balaban J connectivity index is 1.81. The molecule has 0 radical (unpaired) electrons. The minimum absolute atomic E-state index is 0.0616. The van der Waals surface area contributed by atoms with Crippen LogP contribution in [0.3, 0.4) is 0 Å². The average molecular weight is 446 g/mol. The molecule has 1 aliphatic heterocycles. The Morgan fingerprint density at radius 3 is 2.72 bits per heavy atom. The Bertz CT molecular complexity index is 1040. The van der Waals surface area contributed by atoms with Crippen LogP contribution in [-0.2, 0) is 16.2 Å². The molecule has 1 heterocycles. The molecule has 0 aromatic heterocycles. The lowest BCUT2D eigenvalue weighted by molar-refractivity contribution is -0.130. The number of benzene rings is 2. The van der Waals surface area contributed by atoms with Gasteiger partial charge in [-0.1, -0.05) is 24.3 Å². The smallest absolute Gasteiger partial charge is 0.271 e. The number of nitrogens with one attached hydrogen (secondary N) is 2. The number of rotatable bonds is 8. The molecule has 2 aromatic rings. The fourth-order valence-electron chi connectivity index (χ4n) is 3.47. The fourth-order valence-corrected chi connectivity index (χ4v) is 3.47. The van der Waals surface area contributed by atoms with E-state index in [1.165, 1.54) is 31.3 Å². The predicted octanol–water partition coefficient (Wildman–Crippen LogP) is 1.57. The number of ether oxygens (including phenoxy) is 1. The van der Waals surface area contributed by atoms with E-state index in [9.17, 15) is 23.5 Å². The first kappa shape index (κ1) is 23.1. The normalized spacial score (nSPS) is 18.5. The lowest BCUT2D eigenvalue weighted by Gasteiger charge is -2.25. The highest BCUT2D eigenvalue weighted by molar-refractivity contribution is 6.46. The molecule has 10 heteroatoms. The van der Waals surface area contributed by atoms with Crippen LogP contribution in [0.1, 0.15) is 29.5 Å². The number of hydrogen-bond acceptors (Lipinski definition) is 6. The highest BCUT2D eigenvalue weighted by Crippen LogP contribution is 2.26. The summed E-state index contributed by atoms with van der Waals surface area (Å²) in [5, 5.41) is 14.8. The third-order valence-electron chi connectivity index (χ3n) is 5.30. The van der Waals surface area contributed by atoms with Crippen molar-refractivity contribution in [3.8, 4) is 5.75 Å². The molecule has 1 fully saturated rings. The van der Waals surface area contributed by atoms with Gasteiger partial charge in [-0.3, -0.25) is 14.6 Å². The molecule has 1 unspecified atom stereocenters. The van der Waals surface area contributed by atoms with Gasteiger partial charge in [-0.2, -0.15) is 0 Å². The van der Waals surface area contributed by atoms with Crippen molar-refractivity contribution in [3.05, 3.63) is 59.2 Å². The first-order chi connectivity index (χ1) is 15.3. The van der Waals surface area contributed by atoms with Gasteiger partial charge in [0.25, 0.3) is 12.3 Å². The van der Waals surface area contributed by atoms with Gasteiger partial charge in [-0.15, -0.1) is 0 Å². The van der Waals surface area contributed by atoms with E-state index >= 15 is 0 Å². The van der Waals surface area contributed by atoms with Gasteiger partial charge < -0.3 is 26.2 Å². The van der Waals surface area contributed by atoms with Crippen LogP contribution in [0.25, 0.3) is 0 Å². The van der Waals surface area contributed by atoms with Crippen molar-refractivity contribution in [3.63, 3.8) is 0 Å². The van der Waals surface area contributed by atoms with Gasteiger partial charge in [-0.25, -0.2) is 8.78 Å². The number of aliphatic imine (C=N–C) groups is 1. The van der Waals surface area contributed by atoms with Crippen LogP contribution in [0, 0.1) is 0 Å². The van der Waals surface area contributed by atoms with E-state index in [4.69, 9.17) is 10.5 Å². The van der Waals surface area contributed by atoms with Crippen molar-refractivity contribution >= 4 is 23.2 Å². The summed E-state index contributed by atoms with van der Waals surface area (Å²) in [5.74, 6) is -0.875. The highest BCUT2D eigenvalue weighted by Gasteiger charge is 2.44. The van der Waals surface area contributed by atoms with Crippen LogP contribution < -0.4 is 21.1 Å². The molecule has 1 aliphatic rings. The van der Waals surface area contributed by atoms with Crippen molar-refractivity contribution in [1.82, 2.24) is 10.6 Å². The molecule has 8 nitrogen and oxygen atoms in total. The predicted molar refractivity (Wildman–Crippen MR) is 115 cm³/mol. The largest absolute Gasteiger partial charge is 0.489 e. The number of anilines is 1. The van der Waals surface area contributed by atoms with E-state index < -0.39 is 30.4 Å². The molecule has 5 N–H and O–H groups in total. The summed E-state index contributed by atoms with van der Waals surface area (Å²) >= 11 is 0. The van der Waals surface area contributed by atoms with Crippen LogP contribution >= 0.6 is 0 Å². The second-order valence-electron chi connectivity index (χ2n) is 7.31. The Morgan fingerprint density at radius 1 is 1.34 bits per heavy atom. The molecule has 0 bridgehead atoms. The second kappa shape index (κ2) is 9.73. The number of nitrogens with zero attached hydrogens (tertiary/aromatic N) is 1. The zero-order valence-electron chi connectivity index (χ0n) is 17.4. The Hall–Kier alpha value is -3.53. The molecule has 1 saturated heterocycles. The number of nitrogens with two attached hydrogens (primary N) is 1. The Labute approximate surface area is 183 Å². The molecule has 1 atom stereocenters. The van der Waals surface area contributed by atoms with Gasteiger partial charge in [0.15, 0.2) is 0 Å². The lowest BCUT2D eigenvalue weighted by Crippen LogP contribution is -2.57. The van der Waals surface area contributed by atoms with Crippen molar-refractivity contribution in [2.24, 2.45) is 4.99 Å². The fraction of sp³-hybridized carbons (Fsp3) is 0.318. The van der Waals surface area contributed by atoms with Crippen LogP contribution in [0.2, 0.25) is 0 Å². The average Bonchev–Trinajstić information content (AvgIpc) is 3.14. The second-order valence-corrected chi connectivity index (χ2v) is 7.31. The zero-order chi connectivity index (χ0) is 23.3. The summed E-state index contributed by atoms with van der Waals surface area (Å²) in [5.41, 5.74) is 5.22. The molecule has 32 heavy (non-hydrogen) atoms.